The third-order valence-corrected chi connectivity index (χ3v) is 7.30. The van der Waals surface area contributed by atoms with Crippen molar-refractivity contribution in [2.45, 2.75) is 85.4 Å². The van der Waals surface area contributed by atoms with E-state index >= 15 is 4.39 Å². The van der Waals surface area contributed by atoms with Gasteiger partial charge in [-0.3, -0.25) is 0 Å². The van der Waals surface area contributed by atoms with Gasteiger partial charge in [0, 0.05) is 11.3 Å². The van der Waals surface area contributed by atoms with Crippen molar-refractivity contribution in [3.05, 3.63) is 23.8 Å². The van der Waals surface area contributed by atoms with Gasteiger partial charge in [-0.25, -0.2) is 4.39 Å². The molecule has 0 heterocycles. The molecule has 1 saturated carbocycles. The number of aldehydes is 1. The highest BCUT2D eigenvalue weighted by atomic mass is 19.1. The van der Waals surface area contributed by atoms with E-state index in [4.69, 9.17) is 0 Å². The van der Waals surface area contributed by atoms with Crippen LogP contribution in [0.1, 0.15) is 73.1 Å². The van der Waals surface area contributed by atoms with Gasteiger partial charge in [-0.2, -0.15) is 0 Å². The summed E-state index contributed by atoms with van der Waals surface area (Å²) < 4.78 is 15.2. The molecule has 2 rings (SSSR count). The lowest BCUT2D eigenvalue weighted by Crippen LogP contribution is -2.35. The van der Waals surface area contributed by atoms with Gasteiger partial charge >= 0.3 is 0 Å². The van der Waals surface area contributed by atoms with E-state index in [0.717, 1.165) is 37.5 Å². The Bertz CT molecular complexity index is 552. The molecule has 0 amide bonds. The van der Waals surface area contributed by atoms with Crippen molar-refractivity contribution in [1.29, 1.82) is 0 Å². The van der Waals surface area contributed by atoms with E-state index in [1.807, 2.05) is 0 Å². The number of carbonyl (C=O) groups excluding carboxylic acids is 1. The van der Waals surface area contributed by atoms with Gasteiger partial charge < -0.3 is 9.90 Å². The number of hydrogen-bond donors (Lipinski definition) is 1. The SMILES string of the molecule is CCC1(C)C=CCC=C1[C@@H](F)CCC1C[C@@H](C)C(C=O)C1(C)CC(C)O. The molecule has 1 fully saturated rings. The summed E-state index contributed by atoms with van der Waals surface area (Å²) in [5, 5.41) is 9.97. The minimum Gasteiger partial charge on any atom is -0.393 e. The van der Waals surface area contributed by atoms with Crippen LogP contribution in [-0.2, 0) is 4.79 Å². The number of rotatable bonds is 8. The molecule has 26 heavy (non-hydrogen) atoms. The van der Waals surface area contributed by atoms with Crippen molar-refractivity contribution in [2.75, 3.05) is 0 Å². The predicted octanol–water partition coefficient (Wildman–Crippen LogP) is 5.66. The van der Waals surface area contributed by atoms with Gasteiger partial charge in [0.15, 0.2) is 0 Å². The Hall–Kier alpha value is -0.960. The maximum Gasteiger partial charge on any atom is 0.123 e. The average Bonchev–Trinajstić information content (AvgIpc) is 2.81. The number of alkyl halides is 1. The lowest BCUT2D eigenvalue weighted by Gasteiger charge is -2.37. The topological polar surface area (TPSA) is 37.3 Å². The summed E-state index contributed by atoms with van der Waals surface area (Å²) in [6.45, 7) is 10.3. The summed E-state index contributed by atoms with van der Waals surface area (Å²) >= 11 is 0. The molecule has 0 aliphatic heterocycles. The first-order valence-corrected chi connectivity index (χ1v) is 10.3. The van der Waals surface area contributed by atoms with Gasteiger partial charge in [-0.05, 0) is 68.3 Å². The normalized spacial score (nSPS) is 39.5. The maximum absolute atomic E-state index is 15.2. The zero-order valence-electron chi connectivity index (χ0n) is 17.2. The predicted molar refractivity (Wildman–Crippen MR) is 106 cm³/mol. The number of aliphatic hydroxyl groups is 1. The second-order valence-electron chi connectivity index (χ2n) is 9.24. The molecule has 0 saturated heterocycles. The fourth-order valence-electron chi connectivity index (χ4n) is 5.63. The number of carbonyl (C=O) groups is 1. The minimum absolute atomic E-state index is 0.0436. The lowest BCUT2D eigenvalue weighted by molar-refractivity contribution is -0.116. The molecule has 5 unspecified atom stereocenters. The number of hydrogen-bond acceptors (Lipinski definition) is 2. The van der Waals surface area contributed by atoms with Crippen molar-refractivity contribution >= 4 is 6.29 Å². The molecule has 2 aliphatic rings. The monoisotopic (exact) mass is 364 g/mol. The lowest BCUT2D eigenvalue weighted by atomic mass is 9.67. The first-order chi connectivity index (χ1) is 12.2. The second-order valence-corrected chi connectivity index (χ2v) is 9.24. The first-order valence-electron chi connectivity index (χ1n) is 10.3. The van der Waals surface area contributed by atoms with Gasteiger partial charge in [0.25, 0.3) is 0 Å². The summed E-state index contributed by atoms with van der Waals surface area (Å²) in [6.07, 6.45) is 10.6. The van der Waals surface area contributed by atoms with Crippen LogP contribution in [0, 0.1) is 28.6 Å². The highest BCUT2D eigenvalue weighted by molar-refractivity contribution is 5.56. The van der Waals surface area contributed by atoms with E-state index in [9.17, 15) is 9.90 Å². The van der Waals surface area contributed by atoms with Gasteiger partial charge in [-0.15, -0.1) is 0 Å². The number of halogens is 1. The number of allylic oxidation sites excluding steroid dienone is 4. The molecule has 2 aliphatic carbocycles. The Morgan fingerprint density at radius 1 is 1.42 bits per heavy atom. The van der Waals surface area contributed by atoms with E-state index < -0.39 is 12.3 Å². The molecule has 0 radical (unpaired) electrons. The van der Waals surface area contributed by atoms with E-state index in [0.29, 0.717) is 18.8 Å². The van der Waals surface area contributed by atoms with Crippen LogP contribution in [0.25, 0.3) is 0 Å². The minimum atomic E-state index is -0.925. The van der Waals surface area contributed by atoms with Crippen LogP contribution in [0.15, 0.2) is 23.8 Å². The molecule has 0 aromatic carbocycles. The van der Waals surface area contributed by atoms with Gasteiger partial charge in [0.1, 0.15) is 12.5 Å². The third-order valence-electron chi connectivity index (χ3n) is 7.30. The van der Waals surface area contributed by atoms with Crippen LogP contribution in [0.3, 0.4) is 0 Å². The molecular formula is C23H37FO2. The Labute approximate surface area is 158 Å². The van der Waals surface area contributed by atoms with E-state index in [1.54, 1.807) is 6.92 Å². The molecular weight excluding hydrogens is 327 g/mol. The molecule has 0 spiro atoms. The van der Waals surface area contributed by atoms with Gasteiger partial charge in [-0.1, -0.05) is 45.9 Å². The quantitative estimate of drug-likeness (QED) is 0.446. The molecule has 0 aromatic heterocycles. The summed E-state index contributed by atoms with van der Waals surface area (Å²) in [5.74, 6) is 0.545. The Balaban J connectivity index is 2.09. The van der Waals surface area contributed by atoms with Crippen molar-refractivity contribution in [3.8, 4) is 0 Å². The molecule has 0 aromatic rings. The van der Waals surface area contributed by atoms with Gasteiger partial charge in [0.2, 0.25) is 0 Å². The summed E-state index contributed by atoms with van der Waals surface area (Å²) in [6, 6.07) is 0. The van der Waals surface area contributed by atoms with Crippen molar-refractivity contribution in [3.63, 3.8) is 0 Å². The largest absolute Gasteiger partial charge is 0.393 e. The number of aliphatic hydroxyl groups excluding tert-OH is 1. The van der Waals surface area contributed by atoms with Crippen LogP contribution in [-0.4, -0.2) is 23.7 Å². The summed E-state index contributed by atoms with van der Waals surface area (Å²) in [7, 11) is 0. The zero-order chi connectivity index (χ0) is 19.5. The van der Waals surface area contributed by atoms with Gasteiger partial charge in [0.05, 0.1) is 6.10 Å². The fraction of sp³-hybridized carbons (Fsp3) is 0.783. The molecule has 3 heteroatoms. The molecule has 0 bridgehead atoms. The van der Waals surface area contributed by atoms with Crippen LogP contribution in [0.4, 0.5) is 4.39 Å². The molecule has 148 valence electrons. The zero-order valence-corrected chi connectivity index (χ0v) is 17.2. The van der Waals surface area contributed by atoms with Crippen LogP contribution < -0.4 is 0 Å². The van der Waals surface area contributed by atoms with Crippen LogP contribution in [0.2, 0.25) is 0 Å². The van der Waals surface area contributed by atoms with Crippen LogP contribution in [0.5, 0.6) is 0 Å². The Morgan fingerprint density at radius 2 is 2.12 bits per heavy atom. The smallest absolute Gasteiger partial charge is 0.123 e. The summed E-state index contributed by atoms with van der Waals surface area (Å²) in [5.41, 5.74) is 0.525. The maximum atomic E-state index is 15.2. The van der Waals surface area contributed by atoms with Crippen LogP contribution >= 0.6 is 0 Å². The van der Waals surface area contributed by atoms with Crippen molar-refractivity contribution in [1.82, 2.24) is 0 Å². The summed E-state index contributed by atoms with van der Waals surface area (Å²) in [4.78, 5) is 11.7. The van der Waals surface area contributed by atoms with E-state index in [-0.39, 0.29) is 22.7 Å². The second kappa shape index (κ2) is 8.37. The first kappa shape index (κ1) is 21.3. The average molecular weight is 365 g/mol. The molecule has 2 nitrogen and oxygen atoms in total. The molecule has 7 atom stereocenters. The Kier molecular flexibility index (Phi) is 6.87. The van der Waals surface area contributed by atoms with E-state index in [2.05, 4.69) is 45.9 Å². The van der Waals surface area contributed by atoms with Crippen molar-refractivity contribution < 1.29 is 14.3 Å². The fourth-order valence-corrected chi connectivity index (χ4v) is 5.63. The van der Waals surface area contributed by atoms with E-state index in [1.165, 1.54) is 0 Å². The third kappa shape index (κ3) is 4.13. The highest BCUT2D eigenvalue weighted by Crippen LogP contribution is 2.55. The standard InChI is InChI=1S/C23H37FO2/c1-6-22(4)12-8-7-9-19(22)21(24)11-10-18-13-16(2)20(15-25)23(18,5)14-17(3)26/h8-9,12,15-18,20-21,26H,6-7,10-11,13-14H2,1-5H3/t16-,17?,18?,20?,21+,22?,23?/m1/s1. The van der Waals surface area contributed by atoms with Crippen molar-refractivity contribution in [2.24, 2.45) is 28.6 Å². The highest BCUT2D eigenvalue weighted by Gasteiger charge is 2.50. The Morgan fingerprint density at radius 3 is 2.69 bits per heavy atom. The molecule has 1 N–H and O–H groups in total.